The van der Waals surface area contributed by atoms with Crippen LogP contribution in [0, 0.1) is 0 Å². The van der Waals surface area contributed by atoms with Crippen LogP contribution in [0.25, 0.3) is 0 Å². The molecule has 0 aromatic carbocycles. The van der Waals surface area contributed by atoms with Crippen molar-refractivity contribution in [1.29, 1.82) is 0 Å². The van der Waals surface area contributed by atoms with Crippen molar-refractivity contribution in [3.8, 4) is 0 Å². The molecule has 1 amide bonds. The number of amides is 1. The minimum Gasteiger partial charge on any atom is -0.379 e. The van der Waals surface area contributed by atoms with E-state index in [1.807, 2.05) is 0 Å². The second-order valence-electron chi connectivity index (χ2n) is 5.98. The molecule has 2 aromatic rings. The van der Waals surface area contributed by atoms with Gasteiger partial charge in [-0.2, -0.15) is 0 Å². The Labute approximate surface area is 153 Å². The average molecular weight is 372 g/mol. The molecule has 0 unspecified atom stereocenters. The van der Waals surface area contributed by atoms with E-state index in [0.29, 0.717) is 24.6 Å². The van der Waals surface area contributed by atoms with E-state index in [1.165, 1.54) is 18.5 Å². The maximum absolute atomic E-state index is 12.5. The van der Waals surface area contributed by atoms with E-state index in [2.05, 4.69) is 20.2 Å². The predicted molar refractivity (Wildman–Crippen MR) is 92.8 cm³/mol. The van der Waals surface area contributed by atoms with Gasteiger partial charge in [0.1, 0.15) is 11.4 Å². The molecular weight excluding hydrogens is 356 g/mol. The fourth-order valence-corrected chi connectivity index (χ4v) is 4.00. The summed E-state index contributed by atoms with van der Waals surface area (Å²) in [6.07, 6.45) is 2.75. The van der Waals surface area contributed by atoms with Gasteiger partial charge in [0, 0.05) is 44.1 Å². The predicted octanol–water partition coefficient (Wildman–Crippen LogP) is 0.376. The minimum absolute atomic E-state index is 0.0436. The summed E-state index contributed by atoms with van der Waals surface area (Å²) in [6.45, 7) is 4.34. The van der Waals surface area contributed by atoms with E-state index < -0.39 is 0 Å². The van der Waals surface area contributed by atoms with Gasteiger partial charge in [-0.25, -0.2) is 9.97 Å². The average Bonchev–Trinajstić information content (AvgIpc) is 3.13. The molecule has 1 saturated heterocycles. The van der Waals surface area contributed by atoms with E-state index >= 15 is 0 Å². The maximum Gasteiger partial charge on any atom is 0.261 e. The largest absolute Gasteiger partial charge is 0.379 e. The van der Waals surface area contributed by atoms with E-state index in [-0.39, 0.29) is 39.3 Å². The van der Waals surface area contributed by atoms with Crippen LogP contribution in [0.15, 0.2) is 18.5 Å². The monoisotopic (exact) mass is 372 g/mol. The lowest BCUT2D eigenvalue weighted by Gasteiger charge is -2.26. The third-order valence-electron chi connectivity index (χ3n) is 4.35. The van der Waals surface area contributed by atoms with Gasteiger partial charge in [-0.1, -0.05) is 0 Å². The van der Waals surface area contributed by atoms with Crippen LogP contribution in [-0.4, -0.2) is 71.7 Å². The molecule has 1 N–H and O–H groups in total. The third kappa shape index (κ3) is 3.05. The quantitative estimate of drug-likeness (QED) is 0.706. The van der Waals surface area contributed by atoms with Crippen molar-refractivity contribution in [2.45, 2.75) is 0 Å². The molecule has 0 radical (unpaired) electrons. The van der Waals surface area contributed by atoms with Gasteiger partial charge < -0.3 is 10.1 Å². The summed E-state index contributed by atoms with van der Waals surface area (Å²) in [6, 6.07) is 1.47. The summed E-state index contributed by atoms with van der Waals surface area (Å²) in [7, 11) is 0. The Bertz CT molecular complexity index is 836. The van der Waals surface area contributed by atoms with Gasteiger partial charge in [0.25, 0.3) is 5.91 Å². The number of ether oxygens (including phenoxy) is 1. The number of nitrogens with one attached hydrogen (secondary N) is 1. The zero-order chi connectivity index (χ0) is 18.1. The Balaban J connectivity index is 1.46. The number of carbonyl (C=O) groups is 3. The molecule has 0 saturated carbocycles. The highest BCUT2D eigenvalue weighted by Gasteiger charge is 2.35. The van der Waals surface area contributed by atoms with E-state index in [0.717, 1.165) is 31.0 Å². The molecule has 1 aliphatic heterocycles. The van der Waals surface area contributed by atoms with Crippen LogP contribution in [0.2, 0.25) is 0 Å². The number of carbonyl (C=O) groups excluding carboxylic acids is 3. The van der Waals surface area contributed by atoms with Gasteiger partial charge in [0.2, 0.25) is 11.6 Å². The first kappa shape index (κ1) is 17.0. The van der Waals surface area contributed by atoms with E-state index in [1.54, 1.807) is 0 Å². The molecule has 2 aliphatic rings. The van der Waals surface area contributed by atoms with E-state index in [4.69, 9.17) is 4.74 Å². The first-order chi connectivity index (χ1) is 12.6. The van der Waals surface area contributed by atoms with Crippen LogP contribution in [0.1, 0.15) is 41.1 Å². The van der Waals surface area contributed by atoms with Gasteiger partial charge in [0.05, 0.1) is 23.0 Å². The summed E-state index contributed by atoms with van der Waals surface area (Å²) in [5, 5.41) is 2.84. The van der Waals surface area contributed by atoms with Crippen LogP contribution in [-0.2, 0) is 4.74 Å². The standard InChI is InChI=1S/C17H16N4O4S/c22-14-10-9-11(17(24)20-3-4-21-5-7-25-8-6-21)26-16(10)15(23)13-12(14)18-1-2-19-13/h1-2,9H,3-8H2,(H,20,24). The lowest BCUT2D eigenvalue weighted by molar-refractivity contribution is 0.0383. The number of thiophene rings is 1. The molecule has 3 heterocycles. The van der Waals surface area contributed by atoms with Crippen molar-refractivity contribution < 1.29 is 19.1 Å². The highest BCUT2D eigenvalue weighted by molar-refractivity contribution is 7.16. The van der Waals surface area contributed by atoms with Crippen molar-refractivity contribution in [1.82, 2.24) is 20.2 Å². The van der Waals surface area contributed by atoms with Crippen LogP contribution >= 0.6 is 11.3 Å². The molecule has 1 aliphatic carbocycles. The zero-order valence-corrected chi connectivity index (χ0v) is 14.7. The number of hydrogen-bond donors (Lipinski definition) is 1. The zero-order valence-electron chi connectivity index (χ0n) is 13.9. The number of morpholine rings is 1. The molecule has 0 spiro atoms. The topological polar surface area (TPSA) is 101 Å². The summed E-state index contributed by atoms with van der Waals surface area (Å²) in [5.41, 5.74) is 0.319. The lowest BCUT2D eigenvalue weighted by atomic mass is 9.96. The van der Waals surface area contributed by atoms with Gasteiger partial charge in [-0.15, -0.1) is 11.3 Å². The molecule has 9 heteroatoms. The molecule has 2 aromatic heterocycles. The SMILES string of the molecule is O=C(NCCN1CCOCC1)c1cc2c(s1)C(=O)c1nccnc1C2=O. The first-order valence-corrected chi connectivity index (χ1v) is 9.09. The van der Waals surface area contributed by atoms with Crippen LogP contribution < -0.4 is 5.32 Å². The third-order valence-corrected chi connectivity index (χ3v) is 5.49. The van der Waals surface area contributed by atoms with Crippen molar-refractivity contribution in [3.05, 3.63) is 45.2 Å². The molecule has 0 atom stereocenters. The van der Waals surface area contributed by atoms with Crippen LogP contribution in [0.3, 0.4) is 0 Å². The van der Waals surface area contributed by atoms with Crippen LogP contribution in [0.4, 0.5) is 0 Å². The maximum atomic E-state index is 12.5. The lowest BCUT2D eigenvalue weighted by Crippen LogP contribution is -2.41. The Morgan fingerprint density at radius 1 is 1.15 bits per heavy atom. The van der Waals surface area contributed by atoms with Crippen molar-refractivity contribution >= 4 is 28.8 Å². The molecule has 26 heavy (non-hydrogen) atoms. The number of hydrogen-bond acceptors (Lipinski definition) is 8. The highest BCUT2D eigenvalue weighted by atomic mass is 32.1. The number of nitrogens with zero attached hydrogens (tertiary/aromatic N) is 3. The summed E-state index contributed by atoms with van der Waals surface area (Å²) in [5.74, 6) is -1.02. The fourth-order valence-electron chi connectivity index (χ4n) is 2.99. The fraction of sp³-hybridized carbons (Fsp3) is 0.353. The van der Waals surface area contributed by atoms with Gasteiger partial charge >= 0.3 is 0 Å². The van der Waals surface area contributed by atoms with E-state index in [9.17, 15) is 14.4 Å². The molecule has 134 valence electrons. The Hall–Kier alpha value is -2.49. The number of ketones is 2. The number of aromatic nitrogens is 2. The van der Waals surface area contributed by atoms with Crippen molar-refractivity contribution in [2.75, 3.05) is 39.4 Å². The minimum atomic E-state index is -0.369. The summed E-state index contributed by atoms with van der Waals surface area (Å²) in [4.78, 5) is 48.1. The summed E-state index contributed by atoms with van der Waals surface area (Å²) < 4.78 is 5.29. The highest BCUT2D eigenvalue weighted by Crippen LogP contribution is 2.31. The first-order valence-electron chi connectivity index (χ1n) is 8.27. The molecule has 1 fully saturated rings. The smallest absolute Gasteiger partial charge is 0.261 e. The number of rotatable bonds is 4. The second kappa shape index (κ2) is 7.02. The second-order valence-corrected chi connectivity index (χ2v) is 7.03. The number of fused-ring (bicyclic) bond motifs is 2. The van der Waals surface area contributed by atoms with Crippen molar-refractivity contribution in [2.24, 2.45) is 0 Å². The molecule has 4 rings (SSSR count). The Kier molecular flexibility index (Phi) is 4.58. The molecular formula is C17H16N4O4S. The van der Waals surface area contributed by atoms with Gasteiger partial charge in [-0.3, -0.25) is 19.3 Å². The van der Waals surface area contributed by atoms with Gasteiger partial charge in [-0.05, 0) is 6.07 Å². The normalized spacial score (nSPS) is 16.9. The Morgan fingerprint density at radius 2 is 1.85 bits per heavy atom. The summed E-state index contributed by atoms with van der Waals surface area (Å²) >= 11 is 1.02. The molecule has 0 bridgehead atoms. The molecule has 8 nitrogen and oxygen atoms in total. The van der Waals surface area contributed by atoms with Crippen molar-refractivity contribution in [3.63, 3.8) is 0 Å². The van der Waals surface area contributed by atoms with Gasteiger partial charge in [0.15, 0.2) is 0 Å². The Morgan fingerprint density at radius 3 is 2.58 bits per heavy atom. The van der Waals surface area contributed by atoms with Crippen LogP contribution in [0.5, 0.6) is 0 Å².